The van der Waals surface area contributed by atoms with Gasteiger partial charge >= 0.3 is 0 Å². The van der Waals surface area contributed by atoms with Gasteiger partial charge in [-0.25, -0.2) is 15.0 Å². The maximum absolute atomic E-state index is 9.43. The predicted molar refractivity (Wildman–Crippen MR) is 123 cm³/mol. The van der Waals surface area contributed by atoms with Crippen LogP contribution >= 0.6 is 0 Å². The predicted octanol–water partition coefficient (Wildman–Crippen LogP) is 4.53. The number of anilines is 1. The van der Waals surface area contributed by atoms with Crippen molar-refractivity contribution in [1.29, 1.82) is 0 Å². The number of aliphatic hydroxyl groups excluding tert-OH is 1. The van der Waals surface area contributed by atoms with Crippen LogP contribution in [0.1, 0.15) is 11.1 Å². The van der Waals surface area contributed by atoms with Crippen LogP contribution in [-0.4, -0.2) is 24.6 Å². The summed E-state index contributed by atoms with van der Waals surface area (Å²) < 4.78 is 1.99. The number of aryl methyl sites for hydroxylation is 1. The van der Waals surface area contributed by atoms with Gasteiger partial charge in [0.1, 0.15) is 11.3 Å². The van der Waals surface area contributed by atoms with Gasteiger partial charge in [0.05, 0.1) is 17.9 Å². The third-order valence-electron chi connectivity index (χ3n) is 5.31. The summed E-state index contributed by atoms with van der Waals surface area (Å²) in [5.41, 5.74) is 13.2. The smallest absolute Gasteiger partial charge is 0.165 e. The van der Waals surface area contributed by atoms with E-state index < -0.39 is 0 Å². The van der Waals surface area contributed by atoms with Crippen LogP contribution in [0.25, 0.3) is 39.5 Å². The van der Waals surface area contributed by atoms with Crippen LogP contribution in [0.3, 0.4) is 0 Å². The van der Waals surface area contributed by atoms with E-state index in [0.29, 0.717) is 11.6 Å². The zero-order valence-electron chi connectivity index (χ0n) is 17.0. The van der Waals surface area contributed by atoms with Gasteiger partial charge in [-0.2, -0.15) is 0 Å². The number of nitrogen functional groups attached to an aromatic ring is 1. The average Bonchev–Trinajstić information content (AvgIpc) is 3.18. The first-order valence-electron chi connectivity index (χ1n) is 10.0. The van der Waals surface area contributed by atoms with Crippen LogP contribution in [-0.2, 0) is 6.61 Å². The molecule has 0 aliphatic rings. The quantitative estimate of drug-likeness (QED) is 0.457. The van der Waals surface area contributed by atoms with Gasteiger partial charge in [0.15, 0.2) is 11.5 Å². The van der Waals surface area contributed by atoms with Crippen LogP contribution in [0.5, 0.6) is 0 Å². The molecule has 0 aliphatic heterocycles. The zero-order chi connectivity index (χ0) is 21.4. The molecule has 0 aliphatic carbocycles. The van der Waals surface area contributed by atoms with Crippen LogP contribution in [0.15, 0.2) is 79.0 Å². The molecule has 5 aromatic rings. The summed E-state index contributed by atoms with van der Waals surface area (Å²) in [6, 6.07) is 23.7. The molecule has 0 saturated carbocycles. The van der Waals surface area contributed by atoms with E-state index in [1.807, 2.05) is 53.1 Å². The van der Waals surface area contributed by atoms with Crippen LogP contribution < -0.4 is 5.73 Å². The molecule has 0 unspecified atom stereocenters. The largest absolute Gasteiger partial charge is 0.392 e. The minimum Gasteiger partial charge on any atom is -0.392 e. The van der Waals surface area contributed by atoms with Gasteiger partial charge in [-0.15, -0.1) is 0 Å². The SMILES string of the molecule is Cc1ccc(-c2ccc3nc(-c4cccnc4N)n(-c4ccc(CO)cc4)c3n2)cc1. The second-order valence-electron chi connectivity index (χ2n) is 7.44. The number of rotatable bonds is 4. The number of nitrogens with zero attached hydrogens (tertiary/aromatic N) is 4. The number of hydrogen-bond donors (Lipinski definition) is 2. The molecule has 6 heteroatoms. The fraction of sp³-hybridized carbons (Fsp3) is 0.0800. The Morgan fingerprint density at radius 1 is 0.903 bits per heavy atom. The lowest BCUT2D eigenvalue weighted by Gasteiger charge is -2.11. The summed E-state index contributed by atoms with van der Waals surface area (Å²) in [7, 11) is 0. The molecule has 152 valence electrons. The number of nitrogens with two attached hydrogens (primary N) is 1. The maximum Gasteiger partial charge on any atom is 0.165 e. The summed E-state index contributed by atoms with van der Waals surface area (Å²) in [5.74, 6) is 1.08. The molecule has 3 N–H and O–H groups in total. The molecule has 2 aromatic carbocycles. The number of hydrogen-bond acceptors (Lipinski definition) is 5. The topological polar surface area (TPSA) is 89.8 Å². The van der Waals surface area contributed by atoms with Crippen molar-refractivity contribution < 1.29 is 5.11 Å². The monoisotopic (exact) mass is 407 g/mol. The van der Waals surface area contributed by atoms with Gasteiger partial charge in [0.2, 0.25) is 0 Å². The first-order valence-corrected chi connectivity index (χ1v) is 10.0. The first kappa shape index (κ1) is 19.0. The molecular weight excluding hydrogens is 386 g/mol. The summed E-state index contributed by atoms with van der Waals surface area (Å²) in [6.45, 7) is 2.05. The van der Waals surface area contributed by atoms with E-state index in [0.717, 1.165) is 39.2 Å². The normalized spacial score (nSPS) is 11.2. The van der Waals surface area contributed by atoms with Gasteiger partial charge in [-0.3, -0.25) is 4.57 Å². The molecule has 0 bridgehead atoms. The zero-order valence-corrected chi connectivity index (χ0v) is 17.0. The van der Waals surface area contributed by atoms with Crippen molar-refractivity contribution >= 4 is 17.0 Å². The highest BCUT2D eigenvalue weighted by molar-refractivity contribution is 5.84. The lowest BCUT2D eigenvalue weighted by atomic mass is 10.1. The highest BCUT2D eigenvalue weighted by atomic mass is 16.3. The average molecular weight is 407 g/mol. The molecule has 6 nitrogen and oxygen atoms in total. The third-order valence-corrected chi connectivity index (χ3v) is 5.31. The Bertz CT molecular complexity index is 1370. The summed E-state index contributed by atoms with van der Waals surface area (Å²) in [6.07, 6.45) is 1.66. The van der Waals surface area contributed by atoms with Gasteiger partial charge in [0.25, 0.3) is 0 Å². The lowest BCUT2D eigenvalue weighted by molar-refractivity contribution is 0.282. The first-order chi connectivity index (χ1) is 15.1. The number of imidazole rings is 1. The van der Waals surface area contributed by atoms with E-state index in [2.05, 4.69) is 36.2 Å². The number of benzene rings is 2. The van der Waals surface area contributed by atoms with E-state index in [1.54, 1.807) is 6.20 Å². The van der Waals surface area contributed by atoms with Crippen LogP contribution in [0, 0.1) is 6.92 Å². The Balaban J connectivity index is 1.77. The second-order valence-corrected chi connectivity index (χ2v) is 7.44. The molecule has 0 spiro atoms. The molecule has 31 heavy (non-hydrogen) atoms. The van der Waals surface area contributed by atoms with Crippen molar-refractivity contribution in [3.8, 4) is 28.3 Å². The van der Waals surface area contributed by atoms with Crippen molar-refractivity contribution in [1.82, 2.24) is 19.5 Å². The van der Waals surface area contributed by atoms with Crippen molar-refractivity contribution in [2.75, 3.05) is 5.73 Å². The van der Waals surface area contributed by atoms with E-state index in [9.17, 15) is 5.11 Å². The summed E-state index contributed by atoms with van der Waals surface area (Å²) in [5, 5.41) is 9.43. The van der Waals surface area contributed by atoms with E-state index >= 15 is 0 Å². The highest BCUT2D eigenvalue weighted by Crippen LogP contribution is 2.31. The number of pyridine rings is 2. The molecule has 0 fully saturated rings. The standard InChI is InChI=1S/C25H21N5O/c1-16-4-8-18(9-5-16)21-12-13-22-25(28-21)30(19-10-6-17(15-31)7-11-19)24(29-22)20-3-2-14-27-23(20)26/h2-14,31H,15H2,1H3,(H2,26,27). The van der Waals surface area contributed by atoms with Crippen molar-refractivity contribution in [3.63, 3.8) is 0 Å². The van der Waals surface area contributed by atoms with E-state index in [-0.39, 0.29) is 6.61 Å². The number of aromatic nitrogens is 4. The number of aliphatic hydroxyl groups is 1. The summed E-state index contributed by atoms with van der Waals surface area (Å²) >= 11 is 0. The lowest BCUT2D eigenvalue weighted by Crippen LogP contribution is -2.02. The fourth-order valence-electron chi connectivity index (χ4n) is 3.62. The Morgan fingerprint density at radius 2 is 1.68 bits per heavy atom. The molecule has 0 radical (unpaired) electrons. The fourth-order valence-corrected chi connectivity index (χ4v) is 3.62. The minimum atomic E-state index is -0.0107. The van der Waals surface area contributed by atoms with Gasteiger partial charge in [-0.05, 0) is 48.9 Å². The number of fused-ring (bicyclic) bond motifs is 1. The second kappa shape index (κ2) is 7.66. The Hall–Kier alpha value is -4.03. The summed E-state index contributed by atoms with van der Waals surface area (Å²) in [4.78, 5) is 14.0. The van der Waals surface area contributed by atoms with Gasteiger partial charge in [0, 0.05) is 17.4 Å². The van der Waals surface area contributed by atoms with Crippen molar-refractivity contribution in [2.24, 2.45) is 0 Å². The third kappa shape index (κ3) is 3.43. The van der Waals surface area contributed by atoms with Crippen LogP contribution in [0.4, 0.5) is 5.82 Å². The molecule has 0 saturated heterocycles. The Labute approximate surface area is 179 Å². The van der Waals surface area contributed by atoms with Crippen molar-refractivity contribution in [3.05, 3.63) is 90.1 Å². The molecule has 3 aromatic heterocycles. The van der Waals surface area contributed by atoms with E-state index in [1.165, 1.54) is 5.56 Å². The molecular formula is C25H21N5O. The molecule has 5 rings (SSSR count). The van der Waals surface area contributed by atoms with Gasteiger partial charge < -0.3 is 10.8 Å². The van der Waals surface area contributed by atoms with Gasteiger partial charge in [-0.1, -0.05) is 42.0 Å². The maximum atomic E-state index is 9.43. The highest BCUT2D eigenvalue weighted by Gasteiger charge is 2.18. The molecule has 3 heterocycles. The Kier molecular flexibility index (Phi) is 4.69. The van der Waals surface area contributed by atoms with Crippen LogP contribution in [0.2, 0.25) is 0 Å². The molecule has 0 atom stereocenters. The van der Waals surface area contributed by atoms with E-state index in [4.69, 9.17) is 15.7 Å². The Morgan fingerprint density at radius 3 is 2.39 bits per heavy atom. The minimum absolute atomic E-state index is 0.0107. The van der Waals surface area contributed by atoms with Crippen molar-refractivity contribution in [2.45, 2.75) is 13.5 Å². The molecule has 0 amide bonds.